The molecule has 2 rings (SSSR count). The molecule has 0 spiro atoms. The number of hydrogen-bond donors (Lipinski definition) is 2. The van der Waals surface area contributed by atoms with Gasteiger partial charge in [-0.1, -0.05) is 0 Å². The van der Waals surface area contributed by atoms with E-state index in [-0.39, 0.29) is 0 Å². The van der Waals surface area contributed by atoms with Crippen LogP contribution in [-0.4, -0.2) is 15.0 Å². The Morgan fingerprint density at radius 2 is 2.23 bits per heavy atom. The molecule has 4 heteroatoms. The van der Waals surface area contributed by atoms with E-state index in [0.717, 1.165) is 17.1 Å². The second-order valence-electron chi connectivity index (χ2n) is 2.69. The summed E-state index contributed by atoms with van der Waals surface area (Å²) in [4.78, 5) is 11.3. The standard InChI is InChI=1S/C9H10N4/c10-6-7-1-2-11-8(5-7)9-12-3-4-13-9/h1-5H,6,10H2,(H,12,13). The van der Waals surface area contributed by atoms with Gasteiger partial charge in [0.1, 0.15) is 5.69 Å². The quantitative estimate of drug-likeness (QED) is 0.711. The van der Waals surface area contributed by atoms with Crippen molar-refractivity contribution >= 4 is 0 Å². The number of aromatic nitrogens is 3. The molecule has 13 heavy (non-hydrogen) atoms. The first kappa shape index (κ1) is 7.94. The molecule has 0 fully saturated rings. The molecule has 0 bridgehead atoms. The lowest BCUT2D eigenvalue weighted by atomic mass is 10.2. The average Bonchev–Trinajstić information content (AvgIpc) is 2.71. The van der Waals surface area contributed by atoms with Gasteiger partial charge in [0.25, 0.3) is 0 Å². The molecule has 66 valence electrons. The minimum atomic E-state index is 0.524. The summed E-state index contributed by atoms with van der Waals surface area (Å²) in [5.74, 6) is 0.773. The fourth-order valence-corrected chi connectivity index (χ4v) is 1.14. The molecule has 0 aliphatic rings. The lowest BCUT2D eigenvalue weighted by Gasteiger charge is -1.98. The molecule has 2 aromatic rings. The summed E-state index contributed by atoms with van der Waals surface area (Å²) in [5, 5.41) is 0. The van der Waals surface area contributed by atoms with Gasteiger partial charge in [0.05, 0.1) is 0 Å². The topological polar surface area (TPSA) is 67.6 Å². The van der Waals surface area contributed by atoms with Gasteiger partial charge >= 0.3 is 0 Å². The number of nitrogens with zero attached hydrogens (tertiary/aromatic N) is 2. The first-order chi connectivity index (χ1) is 6.40. The lowest BCUT2D eigenvalue weighted by molar-refractivity contribution is 1.06. The largest absolute Gasteiger partial charge is 0.343 e. The van der Waals surface area contributed by atoms with E-state index >= 15 is 0 Å². The number of pyridine rings is 1. The molecule has 0 radical (unpaired) electrons. The van der Waals surface area contributed by atoms with Crippen LogP contribution < -0.4 is 5.73 Å². The van der Waals surface area contributed by atoms with Crippen molar-refractivity contribution in [3.63, 3.8) is 0 Å². The van der Waals surface area contributed by atoms with Crippen molar-refractivity contribution in [2.24, 2.45) is 5.73 Å². The smallest absolute Gasteiger partial charge is 0.155 e. The van der Waals surface area contributed by atoms with Gasteiger partial charge in [-0.25, -0.2) is 4.98 Å². The second kappa shape index (κ2) is 3.37. The number of imidazole rings is 1. The van der Waals surface area contributed by atoms with Gasteiger partial charge in [-0.15, -0.1) is 0 Å². The Labute approximate surface area is 75.8 Å². The summed E-state index contributed by atoms with van der Waals surface area (Å²) in [6, 6.07) is 3.82. The average molecular weight is 174 g/mol. The van der Waals surface area contributed by atoms with Crippen molar-refractivity contribution in [2.75, 3.05) is 0 Å². The molecule has 0 aliphatic heterocycles. The lowest BCUT2D eigenvalue weighted by Crippen LogP contribution is -1.97. The molecule has 0 aromatic carbocycles. The van der Waals surface area contributed by atoms with E-state index in [1.54, 1.807) is 18.6 Å². The van der Waals surface area contributed by atoms with Crippen molar-refractivity contribution in [3.05, 3.63) is 36.3 Å². The maximum atomic E-state index is 5.51. The molecule has 0 saturated carbocycles. The summed E-state index contributed by atoms with van der Waals surface area (Å²) in [6.45, 7) is 0.524. The highest BCUT2D eigenvalue weighted by Crippen LogP contribution is 2.11. The Morgan fingerprint density at radius 1 is 1.31 bits per heavy atom. The van der Waals surface area contributed by atoms with Crippen LogP contribution >= 0.6 is 0 Å². The van der Waals surface area contributed by atoms with E-state index in [9.17, 15) is 0 Å². The summed E-state index contributed by atoms with van der Waals surface area (Å²) in [7, 11) is 0. The number of hydrogen-bond acceptors (Lipinski definition) is 3. The van der Waals surface area contributed by atoms with Gasteiger partial charge in [-0.2, -0.15) is 0 Å². The van der Waals surface area contributed by atoms with Gasteiger partial charge in [0, 0.05) is 25.1 Å². The van der Waals surface area contributed by atoms with E-state index in [0.29, 0.717) is 6.54 Å². The molecule has 2 aromatic heterocycles. The van der Waals surface area contributed by atoms with Crippen LogP contribution in [0.5, 0.6) is 0 Å². The maximum absolute atomic E-state index is 5.51. The van der Waals surface area contributed by atoms with Gasteiger partial charge in [-0.3, -0.25) is 4.98 Å². The maximum Gasteiger partial charge on any atom is 0.155 e. The van der Waals surface area contributed by atoms with Crippen LogP contribution in [-0.2, 0) is 6.54 Å². The Balaban J connectivity index is 2.41. The van der Waals surface area contributed by atoms with Gasteiger partial charge in [-0.05, 0) is 17.7 Å². The Kier molecular flexibility index (Phi) is 2.06. The zero-order valence-corrected chi connectivity index (χ0v) is 7.07. The van der Waals surface area contributed by atoms with Gasteiger partial charge in [0.15, 0.2) is 5.82 Å². The van der Waals surface area contributed by atoms with E-state index in [2.05, 4.69) is 15.0 Å². The molecule has 2 heterocycles. The van der Waals surface area contributed by atoms with Crippen molar-refractivity contribution < 1.29 is 0 Å². The molecule has 0 amide bonds. The number of aromatic amines is 1. The van der Waals surface area contributed by atoms with Crippen molar-refractivity contribution in [2.45, 2.75) is 6.54 Å². The highest BCUT2D eigenvalue weighted by molar-refractivity contribution is 5.49. The highest BCUT2D eigenvalue weighted by atomic mass is 14.9. The monoisotopic (exact) mass is 174 g/mol. The number of nitrogens with two attached hydrogens (primary N) is 1. The van der Waals surface area contributed by atoms with E-state index in [1.165, 1.54) is 0 Å². The highest BCUT2D eigenvalue weighted by Gasteiger charge is 2.00. The summed E-state index contributed by atoms with van der Waals surface area (Å²) < 4.78 is 0. The molecule has 3 N–H and O–H groups in total. The molecule has 0 saturated heterocycles. The van der Waals surface area contributed by atoms with Crippen molar-refractivity contribution in [3.8, 4) is 11.5 Å². The minimum absolute atomic E-state index is 0.524. The number of nitrogens with one attached hydrogen (secondary N) is 1. The first-order valence-corrected chi connectivity index (χ1v) is 4.05. The third kappa shape index (κ3) is 1.57. The fourth-order valence-electron chi connectivity index (χ4n) is 1.14. The minimum Gasteiger partial charge on any atom is -0.343 e. The molecular formula is C9H10N4. The fraction of sp³-hybridized carbons (Fsp3) is 0.111. The second-order valence-corrected chi connectivity index (χ2v) is 2.69. The Bertz CT molecular complexity index is 380. The molecule has 4 nitrogen and oxygen atoms in total. The third-order valence-corrected chi connectivity index (χ3v) is 1.80. The van der Waals surface area contributed by atoms with Crippen LogP contribution in [0.4, 0.5) is 0 Å². The first-order valence-electron chi connectivity index (χ1n) is 4.05. The van der Waals surface area contributed by atoms with Gasteiger partial charge < -0.3 is 10.7 Å². The predicted molar refractivity (Wildman–Crippen MR) is 49.7 cm³/mol. The van der Waals surface area contributed by atoms with Gasteiger partial charge in [0.2, 0.25) is 0 Å². The summed E-state index contributed by atoms with van der Waals surface area (Å²) in [5.41, 5.74) is 7.40. The molecule has 0 unspecified atom stereocenters. The SMILES string of the molecule is NCc1ccnc(-c2ncc[nH]2)c1. The van der Waals surface area contributed by atoms with Crippen LogP contribution in [0.2, 0.25) is 0 Å². The number of H-pyrrole nitrogens is 1. The third-order valence-electron chi connectivity index (χ3n) is 1.80. The van der Waals surface area contributed by atoms with Crippen LogP contribution in [0.15, 0.2) is 30.7 Å². The van der Waals surface area contributed by atoms with Crippen molar-refractivity contribution in [1.82, 2.24) is 15.0 Å². The number of rotatable bonds is 2. The Morgan fingerprint density at radius 3 is 2.92 bits per heavy atom. The molecule has 0 atom stereocenters. The van der Waals surface area contributed by atoms with Crippen LogP contribution in [0.1, 0.15) is 5.56 Å². The molecule has 0 aliphatic carbocycles. The summed E-state index contributed by atoms with van der Waals surface area (Å²) >= 11 is 0. The Hall–Kier alpha value is -1.68. The zero-order chi connectivity index (χ0) is 9.10. The van der Waals surface area contributed by atoms with Crippen LogP contribution in [0.25, 0.3) is 11.5 Å². The zero-order valence-electron chi connectivity index (χ0n) is 7.07. The molecular weight excluding hydrogens is 164 g/mol. The van der Waals surface area contributed by atoms with E-state index < -0.39 is 0 Å². The van der Waals surface area contributed by atoms with Crippen molar-refractivity contribution in [1.29, 1.82) is 0 Å². The normalized spacial score (nSPS) is 10.2. The van der Waals surface area contributed by atoms with E-state index in [1.807, 2.05) is 12.1 Å². The van der Waals surface area contributed by atoms with Crippen LogP contribution in [0, 0.1) is 0 Å². The predicted octanol–water partition coefficient (Wildman–Crippen LogP) is 0.930. The summed E-state index contributed by atoms with van der Waals surface area (Å²) in [6.07, 6.45) is 5.21. The van der Waals surface area contributed by atoms with E-state index in [4.69, 9.17) is 5.73 Å². The van der Waals surface area contributed by atoms with Crippen LogP contribution in [0.3, 0.4) is 0 Å².